The summed E-state index contributed by atoms with van der Waals surface area (Å²) >= 11 is 0. The van der Waals surface area contributed by atoms with Crippen LogP contribution in [0, 0.1) is 6.92 Å². The molecule has 1 fully saturated rings. The van der Waals surface area contributed by atoms with Gasteiger partial charge in [-0.3, -0.25) is 0 Å². The molecule has 1 aliphatic rings. The number of ether oxygens (including phenoxy) is 2. The lowest BCUT2D eigenvalue weighted by Crippen LogP contribution is -2.36. The molecule has 0 aromatic carbocycles. The van der Waals surface area contributed by atoms with Crippen LogP contribution in [-0.4, -0.2) is 44.4 Å². The summed E-state index contributed by atoms with van der Waals surface area (Å²) in [6.07, 6.45) is 0. The van der Waals surface area contributed by atoms with Crippen molar-refractivity contribution in [1.29, 1.82) is 0 Å². The highest BCUT2D eigenvalue weighted by Gasteiger charge is 2.15. The van der Waals surface area contributed by atoms with Crippen molar-refractivity contribution in [1.82, 2.24) is 4.98 Å². The summed E-state index contributed by atoms with van der Waals surface area (Å²) in [5.74, 6) is 0.544. The Bertz CT molecular complexity index is 414. The van der Waals surface area contributed by atoms with E-state index in [0.717, 1.165) is 32.1 Å². The SMILES string of the molecule is COC(=O)c1ccc(N2CCOCC2)nc1C. The molecule has 1 saturated heterocycles. The molecule has 5 heteroatoms. The van der Waals surface area contributed by atoms with E-state index in [2.05, 4.69) is 14.6 Å². The summed E-state index contributed by atoms with van der Waals surface area (Å²) in [6, 6.07) is 3.61. The maximum absolute atomic E-state index is 11.4. The second kappa shape index (κ2) is 5.14. The third kappa shape index (κ3) is 2.55. The van der Waals surface area contributed by atoms with Gasteiger partial charge in [0, 0.05) is 13.1 Å². The van der Waals surface area contributed by atoms with Crippen LogP contribution < -0.4 is 4.90 Å². The lowest BCUT2D eigenvalue weighted by Gasteiger charge is -2.28. The zero-order valence-electron chi connectivity index (χ0n) is 10.1. The van der Waals surface area contributed by atoms with Crippen LogP contribution in [-0.2, 0) is 9.47 Å². The number of nitrogens with zero attached hydrogens (tertiary/aromatic N) is 2. The molecule has 92 valence electrons. The van der Waals surface area contributed by atoms with E-state index in [0.29, 0.717) is 11.3 Å². The Kier molecular flexibility index (Phi) is 3.58. The van der Waals surface area contributed by atoms with E-state index in [9.17, 15) is 4.79 Å². The van der Waals surface area contributed by atoms with Crippen molar-refractivity contribution < 1.29 is 14.3 Å². The molecule has 0 saturated carbocycles. The monoisotopic (exact) mass is 236 g/mol. The van der Waals surface area contributed by atoms with Crippen LogP contribution in [0.1, 0.15) is 16.1 Å². The molecule has 0 aliphatic carbocycles. The first kappa shape index (κ1) is 11.9. The Morgan fingerprint density at radius 1 is 1.41 bits per heavy atom. The molecule has 0 unspecified atom stereocenters. The normalized spacial score (nSPS) is 15.8. The molecule has 0 atom stereocenters. The molecular weight excluding hydrogens is 220 g/mol. The average Bonchev–Trinajstić information content (AvgIpc) is 2.39. The molecule has 2 rings (SSSR count). The highest BCUT2D eigenvalue weighted by molar-refractivity contribution is 5.90. The summed E-state index contributed by atoms with van der Waals surface area (Å²) in [4.78, 5) is 18.0. The average molecular weight is 236 g/mol. The van der Waals surface area contributed by atoms with Gasteiger partial charge in [-0.05, 0) is 19.1 Å². The second-order valence-electron chi connectivity index (χ2n) is 3.89. The van der Waals surface area contributed by atoms with Gasteiger partial charge in [0.2, 0.25) is 0 Å². The summed E-state index contributed by atoms with van der Waals surface area (Å²) in [6.45, 7) is 4.93. The fourth-order valence-corrected chi connectivity index (χ4v) is 1.84. The highest BCUT2D eigenvalue weighted by atomic mass is 16.5. The zero-order valence-corrected chi connectivity index (χ0v) is 10.1. The Hall–Kier alpha value is -1.62. The molecule has 5 nitrogen and oxygen atoms in total. The first-order chi connectivity index (χ1) is 8.22. The van der Waals surface area contributed by atoms with Crippen molar-refractivity contribution >= 4 is 11.8 Å². The van der Waals surface area contributed by atoms with Crippen LogP contribution in [0.4, 0.5) is 5.82 Å². The molecule has 1 aromatic rings. The number of aromatic nitrogens is 1. The van der Waals surface area contributed by atoms with Gasteiger partial charge < -0.3 is 14.4 Å². The summed E-state index contributed by atoms with van der Waals surface area (Å²) in [5.41, 5.74) is 1.21. The number of esters is 1. The van der Waals surface area contributed by atoms with Gasteiger partial charge in [-0.25, -0.2) is 9.78 Å². The Labute approximate surface area is 100 Å². The molecule has 0 N–H and O–H groups in total. The smallest absolute Gasteiger partial charge is 0.339 e. The molecule has 1 aromatic heterocycles. The Morgan fingerprint density at radius 3 is 2.71 bits per heavy atom. The fourth-order valence-electron chi connectivity index (χ4n) is 1.84. The predicted octanol–water partition coefficient (Wildman–Crippen LogP) is 1.01. The van der Waals surface area contributed by atoms with Crippen LogP contribution in [0.25, 0.3) is 0 Å². The molecular formula is C12H16N2O3. The molecule has 0 radical (unpaired) electrons. The van der Waals surface area contributed by atoms with Gasteiger partial charge in [0.25, 0.3) is 0 Å². The van der Waals surface area contributed by atoms with Crippen LogP contribution in [0.15, 0.2) is 12.1 Å². The Balaban J connectivity index is 2.20. The number of methoxy groups -OCH3 is 1. The van der Waals surface area contributed by atoms with E-state index in [-0.39, 0.29) is 5.97 Å². The number of hydrogen-bond acceptors (Lipinski definition) is 5. The van der Waals surface area contributed by atoms with Crippen LogP contribution in [0.5, 0.6) is 0 Å². The largest absolute Gasteiger partial charge is 0.465 e. The van der Waals surface area contributed by atoms with E-state index in [1.807, 2.05) is 13.0 Å². The topological polar surface area (TPSA) is 51.7 Å². The van der Waals surface area contributed by atoms with E-state index in [1.165, 1.54) is 7.11 Å². The van der Waals surface area contributed by atoms with Crippen molar-refractivity contribution in [2.24, 2.45) is 0 Å². The number of rotatable bonds is 2. The summed E-state index contributed by atoms with van der Waals surface area (Å²) in [7, 11) is 1.37. The fraction of sp³-hybridized carbons (Fsp3) is 0.500. The van der Waals surface area contributed by atoms with Gasteiger partial charge >= 0.3 is 5.97 Å². The quantitative estimate of drug-likeness (QED) is 0.717. The maximum atomic E-state index is 11.4. The van der Waals surface area contributed by atoms with Gasteiger partial charge in [-0.15, -0.1) is 0 Å². The van der Waals surface area contributed by atoms with Crippen molar-refractivity contribution in [2.45, 2.75) is 6.92 Å². The third-order valence-corrected chi connectivity index (χ3v) is 2.81. The molecule has 1 aliphatic heterocycles. The van der Waals surface area contributed by atoms with E-state index >= 15 is 0 Å². The van der Waals surface area contributed by atoms with E-state index in [4.69, 9.17) is 4.74 Å². The first-order valence-corrected chi connectivity index (χ1v) is 5.61. The third-order valence-electron chi connectivity index (χ3n) is 2.81. The van der Waals surface area contributed by atoms with Crippen molar-refractivity contribution in [3.63, 3.8) is 0 Å². The number of aryl methyl sites for hydroxylation is 1. The number of carbonyl (C=O) groups is 1. The van der Waals surface area contributed by atoms with Gasteiger partial charge in [0.15, 0.2) is 0 Å². The van der Waals surface area contributed by atoms with Crippen molar-refractivity contribution in [3.05, 3.63) is 23.4 Å². The van der Waals surface area contributed by atoms with E-state index in [1.54, 1.807) is 6.07 Å². The van der Waals surface area contributed by atoms with Gasteiger partial charge in [0.05, 0.1) is 31.6 Å². The molecule has 0 amide bonds. The minimum absolute atomic E-state index is 0.344. The zero-order chi connectivity index (χ0) is 12.3. The first-order valence-electron chi connectivity index (χ1n) is 5.61. The van der Waals surface area contributed by atoms with Crippen molar-refractivity contribution in [2.75, 3.05) is 38.3 Å². The molecule has 0 bridgehead atoms. The summed E-state index contributed by atoms with van der Waals surface area (Å²) < 4.78 is 9.98. The van der Waals surface area contributed by atoms with E-state index < -0.39 is 0 Å². The number of pyridine rings is 1. The standard InChI is InChI=1S/C12H16N2O3/c1-9-10(12(15)16-2)3-4-11(13-9)14-5-7-17-8-6-14/h3-4H,5-8H2,1-2H3. The second-order valence-corrected chi connectivity index (χ2v) is 3.89. The van der Waals surface area contributed by atoms with Crippen molar-refractivity contribution in [3.8, 4) is 0 Å². The number of carbonyl (C=O) groups excluding carboxylic acids is 1. The Morgan fingerprint density at radius 2 is 2.12 bits per heavy atom. The highest BCUT2D eigenvalue weighted by Crippen LogP contribution is 2.16. The van der Waals surface area contributed by atoms with Gasteiger partial charge in [-0.1, -0.05) is 0 Å². The number of hydrogen-bond donors (Lipinski definition) is 0. The molecule has 0 spiro atoms. The minimum Gasteiger partial charge on any atom is -0.465 e. The minimum atomic E-state index is -0.344. The molecule has 2 heterocycles. The summed E-state index contributed by atoms with van der Waals surface area (Å²) in [5, 5.41) is 0. The van der Waals surface area contributed by atoms with Crippen LogP contribution >= 0.6 is 0 Å². The number of anilines is 1. The van der Waals surface area contributed by atoms with Crippen LogP contribution in [0.3, 0.4) is 0 Å². The predicted molar refractivity (Wildman–Crippen MR) is 63.3 cm³/mol. The lowest BCUT2D eigenvalue weighted by molar-refractivity contribution is 0.0599. The lowest BCUT2D eigenvalue weighted by atomic mass is 10.2. The van der Waals surface area contributed by atoms with Gasteiger partial charge in [-0.2, -0.15) is 0 Å². The van der Waals surface area contributed by atoms with Crippen LogP contribution in [0.2, 0.25) is 0 Å². The number of morpholine rings is 1. The maximum Gasteiger partial charge on any atom is 0.339 e. The molecule has 17 heavy (non-hydrogen) atoms. The van der Waals surface area contributed by atoms with Gasteiger partial charge in [0.1, 0.15) is 5.82 Å².